The molecular weight excluding hydrogens is 716 g/mol. The molecule has 274 valence electrons. The van der Waals surface area contributed by atoms with Crippen LogP contribution in [-0.4, -0.2) is 55.9 Å². The summed E-state index contributed by atoms with van der Waals surface area (Å²) in [4.78, 5) is 37.7. The van der Waals surface area contributed by atoms with Gasteiger partial charge in [0, 0.05) is 0 Å². The van der Waals surface area contributed by atoms with Crippen LogP contribution in [0, 0.1) is 16.7 Å². The summed E-state index contributed by atoms with van der Waals surface area (Å²) in [5.74, 6) is -0.994. The highest BCUT2D eigenvalue weighted by Gasteiger charge is 2.65. The lowest BCUT2D eigenvalue weighted by Crippen LogP contribution is -2.49. The fourth-order valence-electron chi connectivity index (χ4n) is 6.86. The molecule has 1 unspecified atom stereocenters. The van der Waals surface area contributed by atoms with E-state index in [-0.39, 0.29) is 41.8 Å². The van der Waals surface area contributed by atoms with Gasteiger partial charge in [-0.05, 0) is 71.2 Å². The van der Waals surface area contributed by atoms with Crippen molar-refractivity contribution < 1.29 is 31.9 Å². The smallest absolute Gasteiger partial charge is 0.411 e. The zero-order valence-electron chi connectivity index (χ0n) is 28.7. The number of ether oxygens (including phenoxy) is 1. The molecule has 1 saturated carbocycles. The number of guanidine groups is 1. The number of nitriles is 1. The maximum Gasteiger partial charge on any atom is 0.411 e. The summed E-state index contributed by atoms with van der Waals surface area (Å²) >= 11 is 6.53. The Morgan fingerprint density at radius 1 is 1.08 bits per heavy atom. The Bertz CT molecular complexity index is 2150. The number of aromatic nitrogens is 3. The van der Waals surface area contributed by atoms with Gasteiger partial charge in [-0.3, -0.25) is 9.69 Å². The molecule has 0 spiro atoms. The van der Waals surface area contributed by atoms with Gasteiger partial charge in [-0.15, -0.1) is 0 Å². The number of alkyl halides is 4. The summed E-state index contributed by atoms with van der Waals surface area (Å²) in [6, 6.07) is 19.7. The van der Waals surface area contributed by atoms with Crippen molar-refractivity contribution in [2.24, 2.45) is 10.4 Å². The number of benzene rings is 3. The lowest BCUT2D eigenvalue weighted by Gasteiger charge is -2.35. The molecule has 1 aliphatic carbocycles. The first-order chi connectivity index (χ1) is 25.0. The first kappa shape index (κ1) is 35.9. The number of alkyl carbamates (subject to hydrolysis) is 1. The Kier molecular flexibility index (Phi) is 8.72. The van der Waals surface area contributed by atoms with Crippen molar-refractivity contribution in [3.63, 3.8) is 0 Å². The third kappa shape index (κ3) is 6.56. The Labute approximate surface area is 306 Å². The normalized spacial score (nSPS) is 21.8. The summed E-state index contributed by atoms with van der Waals surface area (Å²) < 4.78 is 64.0. The summed E-state index contributed by atoms with van der Waals surface area (Å²) in [5.41, 5.74) is -1.21. The van der Waals surface area contributed by atoms with E-state index in [1.807, 2.05) is 50.4 Å². The quantitative estimate of drug-likeness (QED) is 0.155. The number of rotatable bonds is 6. The van der Waals surface area contributed by atoms with E-state index >= 15 is 9.18 Å². The van der Waals surface area contributed by atoms with Crippen molar-refractivity contribution in [3.8, 4) is 22.9 Å². The minimum absolute atomic E-state index is 0.158. The number of aliphatic imine (C=N–C) groups is 1. The van der Waals surface area contributed by atoms with E-state index in [0.29, 0.717) is 16.7 Å². The molecule has 3 heterocycles. The van der Waals surface area contributed by atoms with E-state index in [1.165, 1.54) is 21.7 Å². The van der Waals surface area contributed by atoms with E-state index in [2.05, 4.69) is 26.5 Å². The standard InChI is InChI=1S/C37H33ClF4N8O3/c1-34(2,3)19-36(25-11-8-23(9-12-25)22-6-4-21(17-43)5-7-22)31(51)49-28(18-53-33(52)48-35(14-15-35)37(40,41)42)24-10-13-26(38)27(16-24)50-30(44-20-45-50)29(39)46-32(49)47-36/h4-13,16,20,28-29H,14-15,18-19H2,1-3H3,(H,46,47)(H,48,52)/t28-,29?,36-/m1/s1. The first-order valence-electron chi connectivity index (χ1n) is 16.7. The summed E-state index contributed by atoms with van der Waals surface area (Å²) in [5, 5.41) is 18.7. The van der Waals surface area contributed by atoms with Crippen LogP contribution in [0.15, 0.2) is 78.0 Å². The number of nitrogens with one attached hydrogen (secondary N) is 2. The van der Waals surface area contributed by atoms with E-state index in [9.17, 15) is 23.2 Å². The average molecular weight is 749 g/mol. The third-order valence-corrected chi connectivity index (χ3v) is 9.90. The minimum atomic E-state index is -4.68. The fraction of sp³-hybridized carbons (Fsp3) is 0.351. The van der Waals surface area contributed by atoms with E-state index in [1.54, 1.807) is 30.3 Å². The largest absolute Gasteiger partial charge is 0.447 e. The minimum Gasteiger partial charge on any atom is -0.447 e. The lowest BCUT2D eigenvalue weighted by molar-refractivity contribution is -0.164. The van der Waals surface area contributed by atoms with Crippen LogP contribution in [0.3, 0.4) is 0 Å². The third-order valence-electron chi connectivity index (χ3n) is 9.58. The van der Waals surface area contributed by atoms with Crippen LogP contribution in [0.5, 0.6) is 0 Å². The molecule has 2 N–H and O–H groups in total. The number of carbonyl (C=O) groups is 2. The molecule has 0 radical (unpaired) electrons. The van der Waals surface area contributed by atoms with Gasteiger partial charge in [-0.1, -0.05) is 74.8 Å². The van der Waals surface area contributed by atoms with E-state index < -0.39 is 53.6 Å². The molecule has 2 amide bonds. The van der Waals surface area contributed by atoms with Crippen LogP contribution in [0.4, 0.5) is 22.4 Å². The zero-order valence-corrected chi connectivity index (χ0v) is 29.5. The van der Waals surface area contributed by atoms with Crippen molar-refractivity contribution in [3.05, 3.63) is 101 Å². The van der Waals surface area contributed by atoms with Crippen LogP contribution in [0.2, 0.25) is 5.02 Å². The topological polar surface area (TPSA) is 138 Å². The molecule has 2 aliphatic heterocycles. The van der Waals surface area contributed by atoms with Crippen molar-refractivity contribution in [2.75, 3.05) is 6.61 Å². The molecule has 4 aromatic rings. The molecule has 1 saturated heterocycles. The molecule has 53 heavy (non-hydrogen) atoms. The Hall–Kier alpha value is -5.49. The highest BCUT2D eigenvalue weighted by Crippen LogP contribution is 2.49. The van der Waals surface area contributed by atoms with Crippen LogP contribution in [0.25, 0.3) is 16.8 Å². The van der Waals surface area contributed by atoms with Crippen LogP contribution in [0.1, 0.15) is 74.9 Å². The molecule has 16 heteroatoms. The molecule has 11 nitrogen and oxygen atoms in total. The molecule has 2 fully saturated rings. The highest BCUT2D eigenvalue weighted by atomic mass is 35.5. The van der Waals surface area contributed by atoms with Gasteiger partial charge in [0.05, 0.1) is 28.4 Å². The number of amides is 2. The molecule has 1 aromatic heterocycles. The van der Waals surface area contributed by atoms with Gasteiger partial charge in [0.1, 0.15) is 24.0 Å². The summed E-state index contributed by atoms with van der Waals surface area (Å²) in [6.45, 7) is 5.19. The summed E-state index contributed by atoms with van der Waals surface area (Å²) in [6.07, 6.45) is -7.44. The predicted molar refractivity (Wildman–Crippen MR) is 185 cm³/mol. The predicted octanol–water partition coefficient (Wildman–Crippen LogP) is 7.42. The average Bonchev–Trinajstić information content (AvgIpc) is 3.65. The van der Waals surface area contributed by atoms with Gasteiger partial charge in [-0.25, -0.2) is 23.8 Å². The van der Waals surface area contributed by atoms with Crippen molar-refractivity contribution in [1.82, 2.24) is 30.3 Å². The summed E-state index contributed by atoms with van der Waals surface area (Å²) in [7, 11) is 0. The lowest BCUT2D eigenvalue weighted by atomic mass is 9.75. The Morgan fingerprint density at radius 2 is 1.74 bits per heavy atom. The van der Waals surface area contributed by atoms with Crippen molar-refractivity contribution in [2.45, 2.75) is 69.6 Å². The number of hydrogen-bond donors (Lipinski definition) is 2. The second-order valence-electron chi connectivity index (χ2n) is 14.6. The van der Waals surface area contributed by atoms with Gasteiger partial charge in [0.2, 0.25) is 5.96 Å². The number of nitrogens with zero attached hydrogens (tertiary/aromatic N) is 6. The number of fused-ring (bicyclic) bond motifs is 5. The molecule has 3 aliphatic rings. The van der Waals surface area contributed by atoms with Gasteiger partial charge < -0.3 is 15.4 Å². The molecule has 3 aromatic carbocycles. The second kappa shape index (κ2) is 12.9. The fourth-order valence-corrected chi connectivity index (χ4v) is 7.06. The number of carbonyl (C=O) groups excluding carboxylic acids is 2. The molecular formula is C37H33ClF4N8O3. The van der Waals surface area contributed by atoms with Crippen LogP contribution >= 0.6 is 11.6 Å². The maximum absolute atomic E-state index is 16.3. The second-order valence-corrected chi connectivity index (χ2v) is 15.0. The molecule has 7 rings (SSSR count). The van der Waals surface area contributed by atoms with Crippen LogP contribution < -0.4 is 10.6 Å². The first-order valence-corrected chi connectivity index (χ1v) is 17.1. The molecule has 3 atom stereocenters. The SMILES string of the molecule is CC(C)(C)C[C@]1(c2ccc(-c3ccc(C#N)cc3)cc2)NC2=NC(F)c3ncnn3-c3cc(ccc3Cl)[C@@H](COC(=O)NC3(C(F)(F)F)CC3)N2C1=O. The Balaban J connectivity index is 1.33. The van der Waals surface area contributed by atoms with Gasteiger partial charge >= 0.3 is 12.3 Å². The van der Waals surface area contributed by atoms with Gasteiger partial charge in [-0.2, -0.15) is 23.5 Å². The highest BCUT2D eigenvalue weighted by molar-refractivity contribution is 6.32. The monoisotopic (exact) mass is 748 g/mol. The van der Waals surface area contributed by atoms with Crippen molar-refractivity contribution in [1.29, 1.82) is 5.26 Å². The zero-order chi connectivity index (χ0) is 37.9. The van der Waals surface area contributed by atoms with E-state index in [4.69, 9.17) is 16.3 Å². The number of hydrogen-bond acceptors (Lipinski definition) is 8. The molecule has 2 bridgehead atoms. The van der Waals surface area contributed by atoms with Gasteiger partial charge in [0.25, 0.3) is 12.2 Å². The number of halogens is 5. The maximum atomic E-state index is 16.3. The van der Waals surface area contributed by atoms with Crippen molar-refractivity contribution >= 4 is 29.6 Å². The van der Waals surface area contributed by atoms with E-state index in [0.717, 1.165) is 17.5 Å². The van der Waals surface area contributed by atoms with Crippen LogP contribution in [-0.2, 0) is 15.1 Å². The van der Waals surface area contributed by atoms with Gasteiger partial charge in [0.15, 0.2) is 5.82 Å². The Morgan fingerprint density at radius 3 is 2.34 bits per heavy atom.